The average molecular weight is 445 g/mol. The molecule has 0 amide bonds. The maximum absolute atomic E-state index is 13.1. The van der Waals surface area contributed by atoms with Crippen LogP contribution in [0.3, 0.4) is 0 Å². The summed E-state index contributed by atoms with van der Waals surface area (Å²) in [4.78, 5) is 20.2. The Hall–Kier alpha value is -2.95. The summed E-state index contributed by atoms with van der Waals surface area (Å²) in [7, 11) is 0. The van der Waals surface area contributed by atoms with Gasteiger partial charge in [0.25, 0.3) is 0 Å². The first-order chi connectivity index (χ1) is 15.3. The van der Waals surface area contributed by atoms with Crippen LogP contribution < -0.4 is 4.90 Å². The number of morpholine rings is 1. The Morgan fingerprint density at radius 2 is 1.88 bits per heavy atom. The van der Waals surface area contributed by atoms with E-state index in [-0.39, 0.29) is 24.9 Å². The number of nitrogens with zero attached hydrogens (tertiary/aromatic N) is 7. The Balaban J connectivity index is 1.47. The minimum absolute atomic E-state index is 0.0122. The summed E-state index contributed by atoms with van der Waals surface area (Å²) >= 11 is 0. The van der Waals surface area contributed by atoms with Crippen molar-refractivity contribution < 1.29 is 17.9 Å². The van der Waals surface area contributed by atoms with Crippen molar-refractivity contribution in [3.8, 4) is 0 Å². The Morgan fingerprint density at radius 3 is 2.62 bits per heavy atom. The molecule has 0 N–H and O–H groups in total. The van der Waals surface area contributed by atoms with Crippen LogP contribution in [-0.4, -0.2) is 56.0 Å². The lowest BCUT2D eigenvalue weighted by Gasteiger charge is -2.37. The monoisotopic (exact) mass is 445 g/mol. The fourth-order valence-electron chi connectivity index (χ4n) is 4.24. The van der Waals surface area contributed by atoms with Crippen LogP contribution in [-0.2, 0) is 4.74 Å². The topological polar surface area (TPSA) is 89.8 Å². The van der Waals surface area contributed by atoms with Crippen molar-refractivity contribution in [3.05, 3.63) is 41.1 Å². The SMILES string of the molecule is Cc1cc(C2CN(c3nc(C4CC(C(F)(F)F)C4)c4ncc(C)nc4n3)CCO2)cnn1. The number of hydrogen-bond acceptors (Lipinski definition) is 8. The van der Waals surface area contributed by atoms with Gasteiger partial charge in [-0.1, -0.05) is 0 Å². The van der Waals surface area contributed by atoms with Gasteiger partial charge < -0.3 is 9.64 Å². The number of anilines is 1. The first-order valence-corrected chi connectivity index (χ1v) is 10.5. The third-order valence-corrected chi connectivity index (χ3v) is 6.05. The molecule has 1 unspecified atom stereocenters. The molecule has 168 valence electrons. The van der Waals surface area contributed by atoms with Gasteiger partial charge in [0.2, 0.25) is 5.95 Å². The molecular weight excluding hydrogens is 423 g/mol. The van der Waals surface area contributed by atoms with Crippen LogP contribution in [0.25, 0.3) is 11.2 Å². The summed E-state index contributed by atoms with van der Waals surface area (Å²) in [6.45, 7) is 5.19. The zero-order valence-corrected chi connectivity index (χ0v) is 17.7. The van der Waals surface area contributed by atoms with E-state index in [1.807, 2.05) is 17.9 Å². The molecule has 0 radical (unpaired) electrons. The quantitative estimate of drug-likeness (QED) is 0.606. The molecule has 8 nitrogen and oxygen atoms in total. The molecule has 1 saturated carbocycles. The van der Waals surface area contributed by atoms with Crippen molar-refractivity contribution in [1.29, 1.82) is 0 Å². The number of rotatable bonds is 3. The number of ether oxygens (including phenoxy) is 1. The predicted octanol–water partition coefficient (Wildman–Crippen LogP) is 3.46. The van der Waals surface area contributed by atoms with Crippen molar-refractivity contribution in [3.63, 3.8) is 0 Å². The summed E-state index contributed by atoms with van der Waals surface area (Å²) in [6, 6.07) is 1.92. The minimum atomic E-state index is -4.18. The number of aromatic nitrogens is 6. The molecule has 2 fully saturated rings. The molecule has 11 heteroatoms. The van der Waals surface area contributed by atoms with E-state index in [0.717, 1.165) is 11.3 Å². The highest BCUT2D eigenvalue weighted by molar-refractivity contribution is 5.74. The summed E-state index contributed by atoms with van der Waals surface area (Å²) in [5.74, 6) is -1.17. The van der Waals surface area contributed by atoms with Crippen molar-refractivity contribution in [1.82, 2.24) is 30.1 Å². The highest BCUT2D eigenvalue weighted by atomic mass is 19.4. The zero-order chi connectivity index (χ0) is 22.5. The van der Waals surface area contributed by atoms with Gasteiger partial charge in [0, 0.05) is 24.2 Å². The van der Waals surface area contributed by atoms with E-state index < -0.39 is 12.1 Å². The normalized spacial score (nSPS) is 23.9. The minimum Gasteiger partial charge on any atom is -0.370 e. The van der Waals surface area contributed by atoms with Gasteiger partial charge in [-0.25, -0.2) is 15.0 Å². The maximum Gasteiger partial charge on any atom is 0.391 e. The smallest absolute Gasteiger partial charge is 0.370 e. The van der Waals surface area contributed by atoms with Crippen molar-refractivity contribution in [2.75, 3.05) is 24.6 Å². The van der Waals surface area contributed by atoms with Crippen LogP contribution >= 0.6 is 0 Å². The zero-order valence-electron chi connectivity index (χ0n) is 17.7. The van der Waals surface area contributed by atoms with Crippen LogP contribution in [0.2, 0.25) is 0 Å². The first kappa shape index (κ1) is 20.9. The lowest BCUT2D eigenvalue weighted by atomic mass is 9.72. The molecule has 0 aromatic carbocycles. The average Bonchev–Trinajstić information content (AvgIpc) is 2.71. The lowest BCUT2D eigenvalue weighted by Crippen LogP contribution is -2.40. The van der Waals surface area contributed by atoms with Gasteiger partial charge >= 0.3 is 6.18 Å². The van der Waals surface area contributed by atoms with Gasteiger partial charge in [-0.3, -0.25) is 0 Å². The Morgan fingerprint density at radius 1 is 1.06 bits per heavy atom. The number of fused-ring (bicyclic) bond motifs is 1. The van der Waals surface area contributed by atoms with E-state index in [1.54, 1.807) is 19.3 Å². The summed E-state index contributed by atoms with van der Waals surface area (Å²) in [6.07, 6.45) is -1.12. The van der Waals surface area contributed by atoms with Crippen LogP contribution in [0.15, 0.2) is 18.5 Å². The molecular formula is C21H22F3N7O. The largest absolute Gasteiger partial charge is 0.391 e. The molecule has 5 rings (SSSR count). The molecule has 1 aliphatic carbocycles. The second-order valence-corrected chi connectivity index (χ2v) is 8.44. The van der Waals surface area contributed by atoms with E-state index >= 15 is 0 Å². The van der Waals surface area contributed by atoms with E-state index in [2.05, 4.69) is 25.1 Å². The van der Waals surface area contributed by atoms with Gasteiger partial charge in [-0.15, -0.1) is 0 Å². The van der Waals surface area contributed by atoms with E-state index in [1.165, 1.54) is 0 Å². The van der Waals surface area contributed by atoms with Gasteiger partial charge in [-0.2, -0.15) is 28.4 Å². The summed E-state index contributed by atoms with van der Waals surface area (Å²) < 4.78 is 45.1. The van der Waals surface area contributed by atoms with Gasteiger partial charge in [0.05, 0.1) is 42.3 Å². The molecule has 0 spiro atoms. The first-order valence-electron chi connectivity index (χ1n) is 10.5. The molecule has 4 heterocycles. The molecule has 0 bridgehead atoms. The van der Waals surface area contributed by atoms with Crippen LogP contribution in [0.1, 0.15) is 47.5 Å². The number of aryl methyl sites for hydroxylation is 2. The second-order valence-electron chi connectivity index (χ2n) is 8.44. The predicted molar refractivity (Wildman–Crippen MR) is 109 cm³/mol. The van der Waals surface area contributed by atoms with Crippen LogP contribution in [0, 0.1) is 19.8 Å². The molecule has 3 aromatic rings. The second kappa shape index (κ2) is 7.88. The van der Waals surface area contributed by atoms with Gasteiger partial charge in [0.15, 0.2) is 5.65 Å². The van der Waals surface area contributed by atoms with Gasteiger partial charge in [0.1, 0.15) is 11.6 Å². The van der Waals surface area contributed by atoms with Crippen molar-refractivity contribution >= 4 is 17.1 Å². The Labute approximate surface area is 182 Å². The Bertz CT molecular complexity index is 1150. The highest BCUT2D eigenvalue weighted by Gasteiger charge is 2.49. The fourth-order valence-corrected chi connectivity index (χ4v) is 4.24. The standard InChI is InChI=1S/C21H22F3N7O/c1-11-5-14(9-26-30-11)16-10-31(3-4-32-16)20-28-17(13-6-15(7-13)21(22,23)24)18-19(29-20)27-12(2)8-25-18/h5,8-9,13,15-16H,3-4,6-7,10H2,1-2H3. The molecule has 1 atom stereocenters. The van der Waals surface area contributed by atoms with Gasteiger partial charge in [-0.05, 0) is 32.8 Å². The lowest BCUT2D eigenvalue weighted by molar-refractivity contribution is -0.197. The van der Waals surface area contributed by atoms with E-state index in [4.69, 9.17) is 9.72 Å². The molecule has 1 aliphatic heterocycles. The third-order valence-electron chi connectivity index (χ3n) is 6.05. The van der Waals surface area contributed by atoms with Crippen molar-refractivity contribution in [2.24, 2.45) is 5.92 Å². The summed E-state index contributed by atoms with van der Waals surface area (Å²) in [5.41, 5.74) is 3.82. The summed E-state index contributed by atoms with van der Waals surface area (Å²) in [5, 5.41) is 7.99. The fraction of sp³-hybridized carbons (Fsp3) is 0.524. The number of alkyl halides is 3. The van der Waals surface area contributed by atoms with Crippen molar-refractivity contribution in [2.45, 2.75) is 44.9 Å². The third kappa shape index (κ3) is 3.96. The molecule has 1 saturated heterocycles. The maximum atomic E-state index is 13.1. The number of hydrogen-bond donors (Lipinski definition) is 0. The van der Waals surface area contributed by atoms with Crippen LogP contribution in [0.4, 0.5) is 19.1 Å². The molecule has 32 heavy (non-hydrogen) atoms. The van der Waals surface area contributed by atoms with E-state index in [0.29, 0.717) is 48.2 Å². The van der Waals surface area contributed by atoms with Crippen LogP contribution in [0.5, 0.6) is 0 Å². The highest BCUT2D eigenvalue weighted by Crippen LogP contribution is 2.50. The van der Waals surface area contributed by atoms with E-state index in [9.17, 15) is 13.2 Å². The molecule has 3 aromatic heterocycles. The molecule has 2 aliphatic rings. The number of halogens is 3. The Kier molecular flexibility index (Phi) is 5.15.